The largest absolute Gasteiger partial charge is 0.497 e. The monoisotopic (exact) mass is 303 g/mol. The topological polar surface area (TPSA) is 83.4 Å². The van der Waals surface area contributed by atoms with Gasteiger partial charge < -0.3 is 20.1 Å². The van der Waals surface area contributed by atoms with Gasteiger partial charge in [0.05, 0.1) is 7.11 Å². The summed E-state index contributed by atoms with van der Waals surface area (Å²) >= 11 is 0. The van der Waals surface area contributed by atoms with E-state index in [9.17, 15) is 4.79 Å². The lowest BCUT2D eigenvalue weighted by Gasteiger charge is -2.06. The fourth-order valence-corrected chi connectivity index (χ4v) is 1.62. The quantitative estimate of drug-likeness (QED) is 0.414. The predicted octanol–water partition coefficient (Wildman–Crippen LogP) is 2.06. The first-order chi connectivity index (χ1) is 10.7. The van der Waals surface area contributed by atoms with Crippen molar-refractivity contribution in [1.29, 1.82) is 5.26 Å². The summed E-state index contributed by atoms with van der Waals surface area (Å²) in [6.07, 6.45) is 2.23. The van der Waals surface area contributed by atoms with Crippen molar-refractivity contribution >= 4 is 11.6 Å². The molecule has 1 rings (SSSR count). The molecule has 0 unspecified atom stereocenters. The van der Waals surface area contributed by atoms with E-state index in [1.807, 2.05) is 13.0 Å². The van der Waals surface area contributed by atoms with Gasteiger partial charge in [-0.25, -0.2) is 0 Å². The molecule has 1 aromatic carbocycles. The third-order valence-corrected chi connectivity index (χ3v) is 2.77. The van der Waals surface area contributed by atoms with Crippen molar-refractivity contribution in [2.45, 2.75) is 13.3 Å². The van der Waals surface area contributed by atoms with Crippen molar-refractivity contribution in [3.8, 4) is 11.8 Å². The molecule has 0 radical (unpaired) electrons. The van der Waals surface area contributed by atoms with Crippen LogP contribution < -0.4 is 15.4 Å². The van der Waals surface area contributed by atoms with Crippen molar-refractivity contribution in [3.05, 3.63) is 36.0 Å². The second-order valence-corrected chi connectivity index (χ2v) is 4.36. The molecular formula is C16H21N3O3. The fourth-order valence-electron chi connectivity index (χ4n) is 1.62. The molecule has 0 saturated heterocycles. The summed E-state index contributed by atoms with van der Waals surface area (Å²) in [7, 11) is 1.57. The summed E-state index contributed by atoms with van der Waals surface area (Å²) in [6, 6.07) is 8.76. The van der Waals surface area contributed by atoms with Crippen molar-refractivity contribution in [3.63, 3.8) is 0 Å². The zero-order valence-corrected chi connectivity index (χ0v) is 12.9. The van der Waals surface area contributed by atoms with E-state index in [2.05, 4.69) is 10.6 Å². The molecule has 0 aliphatic carbocycles. The maximum absolute atomic E-state index is 12.0. The number of nitrogens with zero attached hydrogens (tertiary/aromatic N) is 1. The molecule has 118 valence electrons. The minimum absolute atomic E-state index is 0.0206. The Balaban J connectivity index is 2.47. The first-order valence-electron chi connectivity index (χ1n) is 7.08. The molecule has 0 saturated carbocycles. The Morgan fingerprint density at radius 1 is 1.36 bits per heavy atom. The van der Waals surface area contributed by atoms with Crippen LogP contribution in [0.5, 0.6) is 5.75 Å². The number of anilines is 1. The van der Waals surface area contributed by atoms with Gasteiger partial charge in [-0.05, 0) is 37.6 Å². The molecule has 0 atom stereocenters. The Morgan fingerprint density at radius 2 is 2.09 bits per heavy atom. The fraction of sp³-hybridized carbons (Fsp3) is 0.375. The molecular weight excluding hydrogens is 282 g/mol. The highest BCUT2D eigenvalue weighted by Crippen LogP contribution is 2.15. The number of amides is 1. The lowest BCUT2D eigenvalue weighted by Crippen LogP contribution is -2.17. The molecule has 0 fully saturated rings. The number of nitriles is 1. The van der Waals surface area contributed by atoms with E-state index in [1.54, 1.807) is 31.4 Å². The van der Waals surface area contributed by atoms with Crippen LogP contribution in [0.4, 0.5) is 5.69 Å². The van der Waals surface area contributed by atoms with Gasteiger partial charge in [0.1, 0.15) is 17.4 Å². The van der Waals surface area contributed by atoms with Crippen LogP contribution in [0.2, 0.25) is 0 Å². The van der Waals surface area contributed by atoms with Gasteiger partial charge >= 0.3 is 0 Å². The molecule has 6 heteroatoms. The van der Waals surface area contributed by atoms with E-state index in [1.165, 1.54) is 6.20 Å². The number of methoxy groups -OCH3 is 1. The summed E-state index contributed by atoms with van der Waals surface area (Å²) in [5.74, 6) is 0.245. The van der Waals surface area contributed by atoms with Crippen LogP contribution in [-0.2, 0) is 9.53 Å². The maximum Gasteiger partial charge on any atom is 0.267 e. The Labute approximate surface area is 130 Å². The Hall–Kier alpha value is -2.52. The van der Waals surface area contributed by atoms with Crippen LogP contribution in [0.15, 0.2) is 36.0 Å². The van der Waals surface area contributed by atoms with Gasteiger partial charge in [-0.1, -0.05) is 0 Å². The first kappa shape index (κ1) is 17.5. The van der Waals surface area contributed by atoms with Crippen LogP contribution in [0.3, 0.4) is 0 Å². The molecule has 22 heavy (non-hydrogen) atoms. The average molecular weight is 303 g/mol. The third kappa shape index (κ3) is 6.29. The van der Waals surface area contributed by atoms with Gasteiger partial charge in [-0.3, -0.25) is 4.79 Å². The second-order valence-electron chi connectivity index (χ2n) is 4.36. The molecule has 2 N–H and O–H groups in total. The summed E-state index contributed by atoms with van der Waals surface area (Å²) in [5.41, 5.74) is 0.621. The van der Waals surface area contributed by atoms with E-state index in [0.29, 0.717) is 31.2 Å². The highest BCUT2D eigenvalue weighted by Gasteiger charge is 2.08. The normalized spacial score (nSPS) is 10.7. The van der Waals surface area contributed by atoms with E-state index in [4.69, 9.17) is 14.7 Å². The van der Waals surface area contributed by atoms with Crippen LogP contribution in [0.1, 0.15) is 13.3 Å². The summed E-state index contributed by atoms with van der Waals surface area (Å²) in [5, 5.41) is 14.6. The predicted molar refractivity (Wildman–Crippen MR) is 84.4 cm³/mol. The van der Waals surface area contributed by atoms with E-state index >= 15 is 0 Å². The van der Waals surface area contributed by atoms with Crippen molar-refractivity contribution in [2.75, 3.05) is 32.2 Å². The van der Waals surface area contributed by atoms with Crippen LogP contribution in [0, 0.1) is 11.3 Å². The lowest BCUT2D eigenvalue weighted by atomic mass is 10.2. The number of carbonyl (C=O) groups is 1. The minimum atomic E-state index is -0.454. The van der Waals surface area contributed by atoms with Crippen molar-refractivity contribution < 1.29 is 14.3 Å². The molecule has 1 amide bonds. The molecule has 0 aromatic heterocycles. The molecule has 0 heterocycles. The number of hydrogen-bond donors (Lipinski definition) is 2. The average Bonchev–Trinajstić information content (AvgIpc) is 2.55. The molecule has 1 aromatic rings. The highest BCUT2D eigenvalue weighted by molar-refractivity contribution is 6.06. The summed E-state index contributed by atoms with van der Waals surface area (Å²) < 4.78 is 10.2. The molecule has 0 bridgehead atoms. The van der Waals surface area contributed by atoms with E-state index < -0.39 is 5.91 Å². The van der Waals surface area contributed by atoms with Gasteiger partial charge in [-0.15, -0.1) is 0 Å². The molecule has 0 aliphatic heterocycles. The molecule has 6 nitrogen and oxygen atoms in total. The lowest BCUT2D eigenvalue weighted by molar-refractivity contribution is -0.112. The van der Waals surface area contributed by atoms with Crippen LogP contribution >= 0.6 is 0 Å². The zero-order chi connectivity index (χ0) is 16.2. The first-order valence-corrected chi connectivity index (χ1v) is 7.08. The minimum Gasteiger partial charge on any atom is -0.497 e. The summed E-state index contributed by atoms with van der Waals surface area (Å²) in [6.45, 7) is 3.91. The highest BCUT2D eigenvalue weighted by atomic mass is 16.5. The number of carbonyl (C=O) groups excluding carboxylic acids is 1. The molecule has 0 aliphatic rings. The Bertz CT molecular complexity index is 533. The van der Waals surface area contributed by atoms with Crippen LogP contribution in [0.25, 0.3) is 0 Å². The van der Waals surface area contributed by atoms with Gasteiger partial charge in [0.2, 0.25) is 0 Å². The van der Waals surface area contributed by atoms with Gasteiger partial charge in [-0.2, -0.15) is 5.26 Å². The molecule has 0 spiro atoms. The van der Waals surface area contributed by atoms with Crippen LogP contribution in [-0.4, -0.2) is 32.8 Å². The van der Waals surface area contributed by atoms with Crippen molar-refractivity contribution in [1.82, 2.24) is 5.32 Å². The third-order valence-electron chi connectivity index (χ3n) is 2.77. The Kier molecular flexibility index (Phi) is 8.16. The SMILES string of the molecule is CCOCCCN/C=C(/C#N)C(=O)Nc1ccc(OC)cc1. The van der Waals surface area contributed by atoms with E-state index in [0.717, 1.165) is 6.42 Å². The zero-order valence-electron chi connectivity index (χ0n) is 12.9. The number of benzene rings is 1. The standard InChI is InChI=1S/C16H21N3O3/c1-3-22-10-4-9-18-12-13(11-17)16(20)19-14-5-7-15(21-2)8-6-14/h5-8,12,18H,3-4,9-10H2,1-2H3,(H,19,20)/b13-12-. The van der Waals surface area contributed by atoms with Crippen molar-refractivity contribution in [2.24, 2.45) is 0 Å². The maximum atomic E-state index is 12.0. The number of rotatable bonds is 9. The van der Waals surface area contributed by atoms with Gasteiger partial charge in [0, 0.05) is 31.6 Å². The van der Waals surface area contributed by atoms with Gasteiger partial charge in [0.15, 0.2) is 0 Å². The van der Waals surface area contributed by atoms with Gasteiger partial charge in [0.25, 0.3) is 5.91 Å². The Morgan fingerprint density at radius 3 is 2.68 bits per heavy atom. The summed E-state index contributed by atoms with van der Waals surface area (Å²) in [4.78, 5) is 12.0. The second kappa shape index (κ2) is 10.2. The number of ether oxygens (including phenoxy) is 2. The number of nitrogens with one attached hydrogen (secondary N) is 2. The van der Waals surface area contributed by atoms with E-state index in [-0.39, 0.29) is 5.57 Å². The smallest absolute Gasteiger partial charge is 0.267 e. The number of hydrogen-bond acceptors (Lipinski definition) is 5.